The average Bonchev–Trinajstić information content (AvgIpc) is 2.91. The minimum absolute atomic E-state index is 0.726. The molecule has 0 saturated heterocycles. The van der Waals surface area contributed by atoms with E-state index in [2.05, 4.69) is 44.6 Å². The van der Waals surface area contributed by atoms with Crippen LogP contribution in [0.1, 0.15) is 17.1 Å². The van der Waals surface area contributed by atoms with Crippen molar-refractivity contribution >= 4 is 5.82 Å². The van der Waals surface area contributed by atoms with Gasteiger partial charge in [-0.3, -0.25) is 4.68 Å². The van der Waals surface area contributed by atoms with E-state index in [1.807, 2.05) is 44.0 Å². The second-order valence-electron chi connectivity index (χ2n) is 5.40. The summed E-state index contributed by atoms with van der Waals surface area (Å²) < 4.78 is 1.81. The second-order valence-corrected chi connectivity index (χ2v) is 5.40. The second kappa shape index (κ2) is 5.97. The van der Waals surface area contributed by atoms with Gasteiger partial charge in [-0.25, -0.2) is 9.97 Å². The molecule has 1 aromatic carbocycles. The van der Waals surface area contributed by atoms with E-state index in [1.165, 1.54) is 11.1 Å². The van der Waals surface area contributed by atoms with Crippen LogP contribution < -0.4 is 5.32 Å². The zero-order valence-corrected chi connectivity index (χ0v) is 13.0. The van der Waals surface area contributed by atoms with Crippen LogP contribution in [0.4, 0.5) is 5.82 Å². The summed E-state index contributed by atoms with van der Waals surface area (Å²) in [5.74, 6) is 1.64. The Morgan fingerprint density at radius 1 is 1.09 bits per heavy atom. The molecule has 3 rings (SSSR count). The van der Waals surface area contributed by atoms with Gasteiger partial charge in [-0.05, 0) is 31.0 Å². The number of benzene rings is 1. The zero-order chi connectivity index (χ0) is 15.5. The van der Waals surface area contributed by atoms with Crippen molar-refractivity contribution in [3.63, 3.8) is 0 Å². The largest absolute Gasteiger partial charge is 0.366 e. The van der Waals surface area contributed by atoms with E-state index in [-0.39, 0.29) is 0 Å². The molecule has 0 spiro atoms. The quantitative estimate of drug-likeness (QED) is 0.803. The third-order valence-corrected chi connectivity index (χ3v) is 3.40. The number of hydrogen-bond donors (Lipinski definition) is 1. The highest BCUT2D eigenvalue weighted by Crippen LogP contribution is 2.20. The first kappa shape index (κ1) is 14.3. The fraction of sp³-hybridized carbons (Fsp3) is 0.235. The van der Waals surface area contributed by atoms with Crippen LogP contribution in [0.2, 0.25) is 0 Å². The lowest BCUT2D eigenvalue weighted by Gasteiger charge is -2.08. The van der Waals surface area contributed by atoms with Gasteiger partial charge in [-0.2, -0.15) is 5.10 Å². The molecule has 1 N–H and O–H groups in total. The van der Waals surface area contributed by atoms with Gasteiger partial charge in [-0.15, -0.1) is 0 Å². The van der Waals surface area contributed by atoms with E-state index >= 15 is 0 Å². The van der Waals surface area contributed by atoms with Crippen LogP contribution in [0, 0.1) is 13.8 Å². The van der Waals surface area contributed by atoms with Crippen LogP contribution in [0.15, 0.2) is 42.7 Å². The van der Waals surface area contributed by atoms with Crippen LogP contribution in [-0.4, -0.2) is 19.7 Å². The van der Waals surface area contributed by atoms with Gasteiger partial charge < -0.3 is 5.32 Å². The average molecular weight is 293 g/mol. The van der Waals surface area contributed by atoms with Crippen molar-refractivity contribution in [2.24, 2.45) is 7.05 Å². The SMILES string of the molecule is Cc1cc(NCc2cccc(-c3cnn(C)c3)c2)nc(C)n1. The molecule has 0 atom stereocenters. The van der Waals surface area contributed by atoms with E-state index in [4.69, 9.17) is 0 Å². The van der Waals surface area contributed by atoms with E-state index in [0.29, 0.717) is 0 Å². The third-order valence-electron chi connectivity index (χ3n) is 3.40. The Balaban J connectivity index is 1.75. The van der Waals surface area contributed by atoms with Gasteiger partial charge in [-0.1, -0.05) is 18.2 Å². The molecule has 0 saturated carbocycles. The third kappa shape index (κ3) is 3.31. The maximum atomic E-state index is 4.40. The first-order chi connectivity index (χ1) is 10.6. The molecule has 0 fully saturated rings. The summed E-state index contributed by atoms with van der Waals surface area (Å²) in [4.78, 5) is 8.68. The minimum Gasteiger partial charge on any atom is -0.366 e. The highest BCUT2D eigenvalue weighted by Gasteiger charge is 2.03. The van der Waals surface area contributed by atoms with Crippen molar-refractivity contribution in [2.75, 3.05) is 5.32 Å². The molecule has 0 amide bonds. The summed E-state index contributed by atoms with van der Waals surface area (Å²) in [6.07, 6.45) is 3.90. The molecular weight excluding hydrogens is 274 g/mol. The number of rotatable bonds is 4. The van der Waals surface area contributed by atoms with Gasteiger partial charge in [0.15, 0.2) is 0 Å². The molecule has 3 aromatic rings. The maximum absolute atomic E-state index is 4.40. The van der Waals surface area contributed by atoms with Gasteiger partial charge in [0, 0.05) is 37.1 Å². The number of aromatic nitrogens is 4. The predicted octanol–water partition coefficient (Wildman–Crippen LogP) is 3.11. The lowest BCUT2D eigenvalue weighted by atomic mass is 10.1. The van der Waals surface area contributed by atoms with Crippen LogP contribution in [-0.2, 0) is 13.6 Å². The Kier molecular flexibility index (Phi) is 3.87. The highest BCUT2D eigenvalue weighted by atomic mass is 15.2. The molecule has 2 heterocycles. The van der Waals surface area contributed by atoms with Crippen molar-refractivity contribution < 1.29 is 0 Å². The van der Waals surface area contributed by atoms with Crippen molar-refractivity contribution in [3.05, 3.63) is 59.8 Å². The summed E-state index contributed by atoms with van der Waals surface area (Å²) >= 11 is 0. The maximum Gasteiger partial charge on any atom is 0.130 e. The van der Waals surface area contributed by atoms with Gasteiger partial charge in [0.25, 0.3) is 0 Å². The van der Waals surface area contributed by atoms with Crippen LogP contribution >= 0.6 is 0 Å². The fourth-order valence-corrected chi connectivity index (χ4v) is 2.43. The highest BCUT2D eigenvalue weighted by molar-refractivity contribution is 5.62. The molecule has 0 unspecified atom stereocenters. The number of hydrogen-bond acceptors (Lipinski definition) is 4. The minimum atomic E-state index is 0.726. The number of nitrogens with zero attached hydrogens (tertiary/aromatic N) is 4. The summed E-state index contributed by atoms with van der Waals surface area (Å²) in [6.45, 7) is 4.61. The first-order valence-electron chi connectivity index (χ1n) is 7.24. The van der Waals surface area contributed by atoms with Gasteiger partial charge in [0.1, 0.15) is 11.6 Å². The Hall–Kier alpha value is -2.69. The summed E-state index contributed by atoms with van der Waals surface area (Å²) in [5, 5.41) is 7.57. The topological polar surface area (TPSA) is 55.6 Å². The zero-order valence-electron chi connectivity index (χ0n) is 13.0. The smallest absolute Gasteiger partial charge is 0.130 e. The molecule has 5 nitrogen and oxygen atoms in total. The van der Waals surface area contributed by atoms with Gasteiger partial charge in [0.05, 0.1) is 6.20 Å². The summed E-state index contributed by atoms with van der Waals surface area (Å²) in [5.41, 5.74) is 4.47. The van der Waals surface area contributed by atoms with E-state index in [0.717, 1.165) is 29.4 Å². The van der Waals surface area contributed by atoms with Crippen LogP contribution in [0.5, 0.6) is 0 Å². The number of anilines is 1. The predicted molar refractivity (Wildman–Crippen MR) is 87.5 cm³/mol. The van der Waals surface area contributed by atoms with Crippen molar-refractivity contribution in [2.45, 2.75) is 20.4 Å². The Labute approximate surface area is 130 Å². The molecule has 0 aliphatic carbocycles. The summed E-state index contributed by atoms with van der Waals surface area (Å²) in [7, 11) is 1.93. The van der Waals surface area contributed by atoms with Crippen LogP contribution in [0.3, 0.4) is 0 Å². The lowest BCUT2D eigenvalue weighted by Crippen LogP contribution is -2.04. The molecule has 0 bridgehead atoms. The monoisotopic (exact) mass is 293 g/mol. The molecule has 22 heavy (non-hydrogen) atoms. The Morgan fingerprint density at radius 2 is 1.95 bits per heavy atom. The summed E-state index contributed by atoms with van der Waals surface area (Å²) in [6, 6.07) is 10.4. The molecule has 0 radical (unpaired) electrons. The Bertz CT molecular complexity index is 771. The fourth-order valence-electron chi connectivity index (χ4n) is 2.43. The van der Waals surface area contributed by atoms with Crippen LogP contribution in [0.25, 0.3) is 11.1 Å². The molecule has 0 aliphatic rings. The van der Waals surface area contributed by atoms with E-state index < -0.39 is 0 Å². The first-order valence-corrected chi connectivity index (χ1v) is 7.24. The lowest BCUT2D eigenvalue weighted by molar-refractivity contribution is 0.768. The van der Waals surface area contributed by atoms with Crippen molar-refractivity contribution in [1.29, 1.82) is 0 Å². The van der Waals surface area contributed by atoms with E-state index in [1.54, 1.807) is 0 Å². The standard InChI is InChI=1S/C17H19N5/c1-12-7-17(21-13(2)20-12)18-9-14-5-4-6-15(8-14)16-10-19-22(3)11-16/h4-8,10-11H,9H2,1-3H3,(H,18,20,21). The Morgan fingerprint density at radius 3 is 2.68 bits per heavy atom. The van der Waals surface area contributed by atoms with Crippen molar-refractivity contribution in [1.82, 2.24) is 19.7 Å². The van der Waals surface area contributed by atoms with Crippen molar-refractivity contribution in [3.8, 4) is 11.1 Å². The molecule has 112 valence electrons. The van der Waals surface area contributed by atoms with E-state index in [9.17, 15) is 0 Å². The van der Waals surface area contributed by atoms with Gasteiger partial charge >= 0.3 is 0 Å². The number of aryl methyl sites for hydroxylation is 3. The molecule has 0 aliphatic heterocycles. The molecular formula is C17H19N5. The normalized spacial score (nSPS) is 10.7. The number of nitrogens with one attached hydrogen (secondary N) is 1. The molecule has 5 heteroatoms. The van der Waals surface area contributed by atoms with Gasteiger partial charge in [0.2, 0.25) is 0 Å². The molecule has 2 aromatic heterocycles.